The fourth-order valence-electron chi connectivity index (χ4n) is 2.89. The van der Waals surface area contributed by atoms with Crippen LogP contribution < -0.4 is 5.56 Å². The van der Waals surface area contributed by atoms with Crippen molar-refractivity contribution in [2.24, 2.45) is 0 Å². The molecular weight excluding hydrogens is 332 g/mol. The first-order valence-electron chi connectivity index (χ1n) is 8.55. The summed E-state index contributed by atoms with van der Waals surface area (Å²) >= 11 is 1.62. The first-order valence-corrected chi connectivity index (χ1v) is 9.43. The molecule has 25 heavy (non-hydrogen) atoms. The minimum atomic E-state index is -0.128. The lowest BCUT2D eigenvalue weighted by molar-refractivity contribution is -0.132. The molecule has 3 aromatic rings. The van der Waals surface area contributed by atoms with E-state index in [4.69, 9.17) is 0 Å². The number of carbonyl (C=O) groups excluding carboxylic acids is 1. The molecule has 0 unspecified atom stereocenters. The summed E-state index contributed by atoms with van der Waals surface area (Å²) in [4.78, 5) is 30.6. The van der Waals surface area contributed by atoms with Gasteiger partial charge in [-0.05, 0) is 47.0 Å². The number of pyridine rings is 1. The lowest BCUT2D eigenvalue weighted by Gasteiger charge is -2.21. The number of hydrogen-bond donors (Lipinski definition) is 1. The van der Waals surface area contributed by atoms with E-state index in [-0.39, 0.29) is 11.5 Å². The van der Waals surface area contributed by atoms with Crippen molar-refractivity contribution in [1.29, 1.82) is 0 Å². The van der Waals surface area contributed by atoms with E-state index in [9.17, 15) is 9.59 Å². The van der Waals surface area contributed by atoms with E-state index in [1.807, 2.05) is 42.6 Å². The lowest BCUT2D eigenvalue weighted by atomic mass is 10.1. The summed E-state index contributed by atoms with van der Waals surface area (Å²) in [6.45, 7) is 4.82. The first-order chi connectivity index (χ1) is 12.1. The van der Waals surface area contributed by atoms with Gasteiger partial charge >= 0.3 is 0 Å². The van der Waals surface area contributed by atoms with E-state index < -0.39 is 0 Å². The van der Waals surface area contributed by atoms with E-state index in [0.717, 1.165) is 22.2 Å². The summed E-state index contributed by atoms with van der Waals surface area (Å²) in [6.07, 6.45) is 1.38. The van der Waals surface area contributed by atoms with Gasteiger partial charge in [0.1, 0.15) is 0 Å². The highest BCUT2D eigenvalue weighted by Crippen LogP contribution is 2.18. The highest BCUT2D eigenvalue weighted by atomic mass is 32.1. The minimum absolute atomic E-state index is 0.0511. The summed E-state index contributed by atoms with van der Waals surface area (Å²) in [6, 6.07) is 12.0. The van der Waals surface area contributed by atoms with Gasteiger partial charge in [-0.25, -0.2) is 0 Å². The molecule has 1 amide bonds. The molecule has 0 radical (unpaired) electrons. The summed E-state index contributed by atoms with van der Waals surface area (Å²) < 4.78 is 0. The molecule has 0 aliphatic rings. The number of nitrogens with one attached hydrogen (secondary N) is 1. The van der Waals surface area contributed by atoms with E-state index in [2.05, 4.69) is 18.0 Å². The van der Waals surface area contributed by atoms with Crippen LogP contribution in [-0.2, 0) is 24.3 Å². The molecule has 0 aliphatic carbocycles. The van der Waals surface area contributed by atoms with Gasteiger partial charge in [-0.3, -0.25) is 9.59 Å². The van der Waals surface area contributed by atoms with Crippen molar-refractivity contribution in [3.05, 3.63) is 68.1 Å². The number of aromatic nitrogens is 1. The Bertz CT molecular complexity index is 929. The number of hydrogen-bond acceptors (Lipinski definition) is 3. The molecule has 130 valence electrons. The van der Waals surface area contributed by atoms with E-state index in [1.165, 1.54) is 5.56 Å². The smallest absolute Gasteiger partial charge is 0.253 e. The zero-order valence-corrected chi connectivity index (χ0v) is 15.4. The highest BCUT2D eigenvalue weighted by molar-refractivity contribution is 7.09. The molecule has 0 fully saturated rings. The van der Waals surface area contributed by atoms with Gasteiger partial charge in [0.15, 0.2) is 0 Å². The number of H-pyrrole nitrogens is 1. The second-order valence-corrected chi connectivity index (χ2v) is 7.11. The molecule has 2 aromatic heterocycles. The molecule has 0 saturated carbocycles. The van der Waals surface area contributed by atoms with Gasteiger partial charge in [-0.15, -0.1) is 11.3 Å². The molecule has 0 saturated heterocycles. The number of aromatic amines is 1. The molecule has 1 N–H and O–H groups in total. The van der Waals surface area contributed by atoms with Crippen molar-refractivity contribution in [2.75, 3.05) is 0 Å². The van der Waals surface area contributed by atoms with Gasteiger partial charge in [-0.2, -0.15) is 0 Å². The van der Waals surface area contributed by atoms with Crippen LogP contribution in [0.15, 0.2) is 46.6 Å². The Morgan fingerprint density at radius 3 is 2.68 bits per heavy atom. The number of nitrogens with zero attached hydrogens (tertiary/aromatic N) is 1. The monoisotopic (exact) mass is 354 g/mol. The zero-order valence-electron chi connectivity index (χ0n) is 14.5. The van der Waals surface area contributed by atoms with Gasteiger partial charge in [0.25, 0.3) is 5.56 Å². The second-order valence-electron chi connectivity index (χ2n) is 6.08. The normalized spacial score (nSPS) is 11.0. The van der Waals surface area contributed by atoms with Crippen molar-refractivity contribution in [1.82, 2.24) is 9.88 Å². The molecule has 1 aromatic carbocycles. The van der Waals surface area contributed by atoms with Crippen LogP contribution in [0.1, 0.15) is 36.3 Å². The average molecular weight is 354 g/mol. The molecule has 3 rings (SSSR count). The van der Waals surface area contributed by atoms with E-state index in [0.29, 0.717) is 25.1 Å². The number of benzene rings is 1. The minimum Gasteiger partial charge on any atom is -0.333 e. The Morgan fingerprint density at radius 1 is 1.16 bits per heavy atom. The first kappa shape index (κ1) is 17.4. The third-order valence-corrected chi connectivity index (χ3v) is 5.20. The molecule has 0 aliphatic heterocycles. The van der Waals surface area contributed by atoms with Crippen LogP contribution in [0.25, 0.3) is 10.9 Å². The summed E-state index contributed by atoms with van der Waals surface area (Å²) in [5.74, 6) is 0.0511. The topological polar surface area (TPSA) is 53.2 Å². The van der Waals surface area contributed by atoms with Gasteiger partial charge in [0, 0.05) is 22.4 Å². The Morgan fingerprint density at radius 2 is 2.00 bits per heavy atom. The van der Waals surface area contributed by atoms with Gasteiger partial charge < -0.3 is 9.88 Å². The van der Waals surface area contributed by atoms with Crippen LogP contribution >= 0.6 is 11.3 Å². The van der Waals surface area contributed by atoms with Crippen LogP contribution in [0, 0.1) is 0 Å². The predicted molar refractivity (Wildman–Crippen MR) is 103 cm³/mol. The molecule has 0 atom stereocenters. The number of thiophene rings is 1. The molecule has 2 heterocycles. The Kier molecular flexibility index (Phi) is 5.34. The lowest BCUT2D eigenvalue weighted by Crippen LogP contribution is -2.31. The highest BCUT2D eigenvalue weighted by Gasteiger charge is 2.15. The third-order valence-electron chi connectivity index (χ3n) is 4.34. The van der Waals surface area contributed by atoms with Gasteiger partial charge in [0.2, 0.25) is 5.91 Å². The molecule has 0 bridgehead atoms. The third kappa shape index (κ3) is 3.99. The fourth-order valence-corrected chi connectivity index (χ4v) is 3.61. The van der Waals surface area contributed by atoms with Crippen molar-refractivity contribution in [3.63, 3.8) is 0 Å². The van der Waals surface area contributed by atoms with Crippen LogP contribution in [0.4, 0.5) is 0 Å². The van der Waals surface area contributed by atoms with E-state index >= 15 is 0 Å². The van der Waals surface area contributed by atoms with Gasteiger partial charge in [0.05, 0.1) is 13.1 Å². The van der Waals surface area contributed by atoms with Crippen LogP contribution in [-0.4, -0.2) is 15.8 Å². The summed E-state index contributed by atoms with van der Waals surface area (Å²) in [7, 11) is 0. The quantitative estimate of drug-likeness (QED) is 0.725. The predicted octanol–water partition coefficient (Wildman–Crippen LogP) is 4.09. The van der Waals surface area contributed by atoms with Crippen molar-refractivity contribution in [3.8, 4) is 0 Å². The zero-order chi connectivity index (χ0) is 17.8. The SMILES string of the molecule is CCC(=O)N(Cc1cccs1)Cc1cc2cc(CC)ccc2[nH]c1=O. The number of fused-ring (bicyclic) bond motifs is 1. The maximum Gasteiger partial charge on any atom is 0.253 e. The largest absolute Gasteiger partial charge is 0.333 e. The van der Waals surface area contributed by atoms with Crippen LogP contribution in [0.2, 0.25) is 0 Å². The second kappa shape index (κ2) is 7.66. The number of rotatable bonds is 6. The van der Waals surface area contributed by atoms with Crippen molar-refractivity contribution >= 4 is 28.1 Å². The van der Waals surface area contributed by atoms with Crippen LogP contribution in [0.3, 0.4) is 0 Å². The summed E-state index contributed by atoms with van der Waals surface area (Å²) in [5, 5.41) is 3.01. The number of aryl methyl sites for hydroxylation is 1. The standard InChI is InChI=1S/C20H22N2O2S/c1-3-14-7-8-18-15(10-14)11-16(20(24)21-18)12-22(19(23)4-2)13-17-6-5-9-25-17/h5-11H,3-4,12-13H2,1-2H3,(H,21,24). The molecular formula is C20H22N2O2S. The summed E-state index contributed by atoms with van der Waals surface area (Å²) in [5.41, 5.74) is 2.55. The van der Waals surface area contributed by atoms with Crippen LogP contribution in [0.5, 0.6) is 0 Å². The van der Waals surface area contributed by atoms with Crippen molar-refractivity contribution in [2.45, 2.75) is 39.8 Å². The molecule has 4 nitrogen and oxygen atoms in total. The molecule has 0 spiro atoms. The maximum absolute atomic E-state index is 12.4. The Hall–Kier alpha value is -2.40. The van der Waals surface area contributed by atoms with E-state index in [1.54, 1.807) is 16.2 Å². The Labute approximate surface area is 151 Å². The Balaban J connectivity index is 1.93. The number of carbonyl (C=O) groups is 1. The average Bonchev–Trinajstić information content (AvgIpc) is 3.13. The number of amides is 1. The van der Waals surface area contributed by atoms with Gasteiger partial charge in [-0.1, -0.05) is 26.0 Å². The fraction of sp³-hybridized carbons (Fsp3) is 0.300. The molecule has 5 heteroatoms. The maximum atomic E-state index is 12.4. The van der Waals surface area contributed by atoms with Crippen molar-refractivity contribution < 1.29 is 4.79 Å².